The average molecular weight is 202 g/mol. The predicted octanol–water partition coefficient (Wildman–Crippen LogP) is 1.83. The molecule has 78 valence electrons. The first kappa shape index (κ1) is 8.73. The SMILES string of the molecule is c1cc(-c2cn[nH]c2C2CCCN2)c[nH]1. The maximum atomic E-state index is 4.14. The molecule has 2 aromatic rings. The molecule has 0 radical (unpaired) electrons. The van der Waals surface area contributed by atoms with E-state index in [-0.39, 0.29) is 0 Å². The lowest BCUT2D eigenvalue weighted by Gasteiger charge is -2.09. The zero-order chi connectivity index (χ0) is 10.1. The Hall–Kier alpha value is -1.55. The lowest BCUT2D eigenvalue weighted by atomic mass is 10.0. The molecule has 4 heteroatoms. The molecule has 3 N–H and O–H groups in total. The predicted molar refractivity (Wildman–Crippen MR) is 58.4 cm³/mol. The molecular formula is C11H14N4. The minimum atomic E-state index is 0.442. The van der Waals surface area contributed by atoms with Crippen molar-refractivity contribution in [1.82, 2.24) is 20.5 Å². The number of nitrogens with one attached hydrogen (secondary N) is 3. The number of hydrogen-bond donors (Lipinski definition) is 3. The van der Waals surface area contributed by atoms with Gasteiger partial charge in [-0.1, -0.05) is 0 Å². The molecule has 0 bridgehead atoms. The van der Waals surface area contributed by atoms with E-state index in [9.17, 15) is 0 Å². The normalized spacial score (nSPS) is 20.9. The van der Waals surface area contributed by atoms with Crippen molar-refractivity contribution in [2.45, 2.75) is 18.9 Å². The summed E-state index contributed by atoms with van der Waals surface area (Å²) in [5.74, 6) is 0. The highest BCUT2D eigenvalue weighted by atomic mass is 15.1. The molecule has 4 nitrogen and oxygen atoms in total. The molecule has 1 atom stereocenters. The third-order valence-corrected chi connectivity index (χ3v) is 2.99. The summed E-state index contributed by atoms with van der Waals surface area (Å²) in [4.78, 5) is 3.07. The topological polar surface area (TPSA) is 56.5 Å². The van der Waals surface area contributed by atoms with Crippen molar-refractivity contribution in [3.63, 3.8) is 0 Å². The smallest absolute Gasteiger partial charge is 0.0600 e. The lowest BCUT2D eigenvalue weighted by Crippen LogP contribution is -2.13. The fourth-order valence-electron chi connectivity index (χ4n) is 2.21. The van der Waals surface area contributed by atoms with Crippen molar-refractivity contribution in [3.05, 3.63) is 30.4 Å². The van der Waals surface area contributed by atoms with Gasteiger partial charge in [0, 0.05) is 29.6 Å². The quantitative estimate of drug-likeness (QED) is 0.695. The van der Waals surface area contributed by atoms with Crippen LogP contribution in [-0.2, 0) is 0 Å². The van der Waals surface area contributed by atoms with Gasteiger partial charge in [0.05, 0.1) is 11.9 Å². The van der Waals surface area contributed by atoms with Gasteiger partial charge in [-0.15, -0.1) is 0 Å². The first-order valence-corrected chi connectivity index (χ1v) is 5.35. The molecule has 0 spiro atoms. The Kier molecular flexibility index (Phi) is 2.07. The van der Waals surface area contributed by atoms with E-state index in [4.69, 9.17) is 0 Å². The van der Waals surface area contributed by atoms with Crippen molar-refractivity contribution in [1.29, 1.82) is 0 Å². The Morgan fingerprint density at radius 1 is 1.40 bits per heavy atom. The van der Waals surface area contributed by atoms with Gasteiger partial charge < -0.3 is 10.3 Å². The monoisotopic (exact) mass is 202 g/mol. The van der Waals surface area contributed by atoms with Crippen LogP contribution in [0.1, 0.15) is 24.6 Å². The molecule has 1 aliphatic rings. The summed E-state index contributed by atoms with van der Waals surface area (Å²) < 4.78 is 0. The van der Waals surface area contributed by atoms with Crippen LogP contribution in [0.25, 0.3) is 11.1 Å². The zero-order valence-corrected chi connectivity index (χ0v) is 8.46. The van der Waals surface area contributed by atoms with E-state index in [1.165, 1.54) is 29.7 Å². The van der Waals surface area contributed by atoms with Crippen LogP contribution in [0.5, 0.6) is 0 Å². The molecule has 3 rings (SSSR count). The number of hydrogen-bond acceptors (Lipinski definition) is 2. The summed E-state index contributed by atoms with van der Waals surface area (Å²) in [6.07, 6.45) is 8.28. The molecule has 0 aliphatic carbocycles. The standard InChI is InChI=1S/C11H14N4/c1-2-10(13-4-1)11-9(7-14-15-11)8-3-5-12-6-8/h3,5-7,10,12-13H,1-2,4H2,(H,14,15). The number of nitrogens with zero attached hydrogens (tertiary/aromatic N) is 1. The largest absolute Gasteiger partial charge is 0.367 e. The maximum absolute atomic E-state index is 4.14. The van der Waals surface area contributed by atoms with Gasteiger partial charge in [0.25, 0.3) is 0 Å². The van der Waals surface area contributed by atoms with Crippen molar-refractivity contribution < 1.29 is 0 Å². The molecule has 0 saturated carbocycles. The second kappa shape index (κ2) is 3.55. The molecule has 3 heterocycles. The van der Waals surface area contributed by atoms with Crippen molar-refractivity contribution >= 4 is 0 Å². The van der Waals surface area contributed by atoms with Crippen LogP contribution in [-0.4, -0.2) is 21.7 Å². The molecule has 0 aromatic carbocycles. The molecule has 1 unspecified atom stereocenters. The summed E-state index contributed by atoms with van der Waals surface area (Å²) in [6.45, 7) is 1.11. The van der Waals surface area contributed by atoms with Gasteiger partial charge in [-0.2, -0.15) is 5.10 Å². The van der Waals surface area contributed by atoms with Gasteiger partial charge in [-0.25, -0.2) is 0 Å². The fourth-order valence-corrected chi connectivity index (χ4v) is 2.21. The zero-order valence-electron chi connectivity index (χ0n) is 8.46. The van der Waals surface area contributed by atoms with Gasteiger partial charge in [0.1, 0.15) is 0 Å². The third kappa shape index (κ3) is 1.47. The Morgan fingerprint density at radius 2 is 2.40 bits per heavy atom. The molecule has 15 heavy (non-hydrogen) atoms. The number of H-pyrrole nitrogens is 2. The highest BCUT2D eigenvalue weighted by Gasteiger charge is 2.21. The van der Waals surface area contributed by atoms with E-state index >= 15 is 0 Å². The first-order valence-electron chi connectivity index (χ1n) is 5.35. The molecule has 1 fully saturated rings. The fraction of sp³-hybridized carbons (Fsp3) is 0.364. The third-order valence-electron chi connectivity index (χ3n) is 2.99. The highest BCUT2D eigenvalue weighted by Crippen LogP contribution is 2.30. The van der Waals surface area contributed by atoms with Gasteiger partial charge >= 0.3 is 0 Å². The van der Waals surface area contributed by atoms with Crippen molar-refractivity contribution in [2.75, 3.05) is 6.54 Å². The minimum Gasteiger partial charge on any atom is -0.367 e. The number of aromatic amines is 2. The summed E-state index contributed by atoms with van der Waals surface area (Å²) >= 11 is 0. The second-order valence-corrected chi connectivity index (χ2v) is 3.95. The van der Waals surface area contributed by atoms with Gasteiger partial charge in [0.2, 0.25) is 0 Å². The molecular weight excluding hydrogens is 188 g/mol. The highest BCUT2D eigenvalue weighted by molar-refractivity contribution is 5.65. The number of rotatable bonds is 2. The van der Waals surface area contributed by atoms with Crippen LogP contribution in [0.4, 0.5) is 0 Å². The van der Waals surface area contributed by atoms with Gasteiger partial charge in [-0.3, -0.25) is 5.10 Å². The molecule has 2 aromatic heterocycles. The van der Waals surface area contributed by atoms with E-state index < -0.39 is 0 Å². The minimum absolute atomic E-state index is 0.442. The van der Waals surface area contributed by atoms with Crippen molar-refractivity contribution in [3.8, 4) is 11.1 Å². The van der Waals surface area contributed by atoms with Crippen molar-refractivity contribution in [2.24, 2.45) is 0 Å². The van der Waals surface area contributed by atoms with Crippen LogP contribution < -0.4 is 5.32 Å². The van der Waals surface area contributed by atoms with E-state index in [1.54, 1.807) is 0 Å². The Bertz CT molecular complexity index is 423. The molecule has 1 saturated heterocycles. The Morgan fingerprint density at radius 3 is 3.13 bits per heavy atom. The van der Waals surface area contributed by atoms with Crippen LogP contribution >= 0.6 is 0 Å². The summed E-state index contributed by atoms with van der Waals surface area (Å²) in [5.41, 5.74) is 3.62. The summed E-state index contributed by atoms with van der Waals surface area (Å²) in [6, 6.07) is 2.51. The lowest BCUT2D eigenvalue weighted by molar-refractivity contribution is 0.626. The maximum Gasteiger partial charge on any atom is 0.0600 e. The van der Waals surface area contributed by atoms with Gasteiger partial charge in [0.15, 0.2) is 0 Å². The summed E-state index contributed by atoms with van der Waals surface area (Å²) in [5, 5.41) is 10.7. The second-order valence-electron chi connectivity index (χ2n) is 3.95. The number of aromatic nitrogens is 3. The van der Waals surface area contributed by atoms with E-state index in [0.717, 1.165) is 6.54 Å². The van der Waals surface area contributed by atoms with Gasteiger partial charge in [-0.05, 0) is 25.5 Å². The van der Waals surface area contributed by atoms with Crippen LogP contribution in [0, 0.1) is 0 Å². The summed E-state index contributed by atoms with van der Waals surface area (Å²) in [7, 11) is 0. The van der Waals surface area contributed by atoms with Crippen LogP contribution in [0.15, 0.2) is 24.7 Å². The average Bonchev–Trinajstić information content (AvgIpc) is 3.01. The first-order chi connectivity index (χ1) is 7.45. The molecule has 0 amide bonds. The van der Waals surface area contributed by atoms with E-state index in [0.29, 0.717) is 6.04 Å². The van der Waals surface area contributed by atoms with E-state index in [1.807, 2.05) is 18.6 Å². The van der Waals surface area contributed by atoms with E-state index in [2.05, 4.69) is 26.6 Å². The Labute approximate surface area is 88.1 Å². The van der Waals surface area contributed by atoms with Crippen LogP contribution in [0.2, 0.25) is 0 Å². The van der Waals surface area contributed by atoms with Crippen LogP contribution in [0.3, 0.4) is 0 Å². The molecule has 1 aliphatic heterocycles. The Balaban J connectivity index is 1.98.